The van der Waals surface area contributed by atoms with Crippen LogP contribution >= 0.6 is 11.3 Å². The van der Waals surface area contributed by atoms with Crippen LogP contribution in [0.25, 0.3) is 0 Å². The topological polar surface area (TPSA) is 36.9 Å². The summed E-state index contributed by atoms with van der Waals surface area (Å²) >= 11 is 1.93. The van der Waals surface area contributed by atoms with Gasteiger partial charge in [0.05, 0.1) is 5.69 Å². The van der Waals surface area contributed by atoms with Gasteiger partial charge in [-0.3, -0.25) is 15.4 Å². The Labute approximate surface area is 175 Å². The third kappa shape index (κ3) is 3.87. The molecule has 0 amide bonds. The molecule has 29 heavy (non-hydrogen) atoms. The van der Waals surface area contributed by atoms with Gasteiger partial charge in [-0.1, -0.05) is 37.3 Å². The highest BCUT2D eigenvalue weighted by Gasteiger charge is 2.27. The highest BCUT2D eigenvalue weighted by molar-refractivity contribution is 7.16. The second kappa shape index (κ2) is 7.91. The van der Waals surface area contributed by atoms with Crippen LogP contribution in [0.3, 0.4) is 0 Å². The molecule has 1 atom stereocenters. The Balaban J connectivity index is 1.27. The van der Waals surface area contributed by atoms with Gasteiger partial charge >= 0.3 is 0 Å². The number of fused-ring (bicyclic) bond motifs is 3. The van der Waals surface area contributed by atoms with E-state index in [1.807, 2.05) is 41.7 Å². The van der Waals surface area contributed by atoms with E-state index in [2.05, 4.69) is 52.8 Å². The monoisotopic (exact) mass is 403 g/mol. The first-order valence-electron chi connectivity index (χ1n) is 10.2. The zero-order valence-corrected chi connectivity index (χ0v) is 17.4. The maximum atomic E-state index is 5.90. The largest absolute Gasteiger partial charge is 0.489 e. The molecule has 0 saturated carbocycles. The minimum absolute atomic E-state index is 0.580. The minimum atomic E-state index is 0.580. The summed E-state index contributed by atoms with van der Waals surface area (Å²) in [6.07, 6.45) is 5.72. The summed E-state index contributed by atoms with van der Waals surface area (Å²) in [4.78, 5) is 6.14. The lowest BCUT2D eigenvalue weighted by Gasteiger charge is -2.26. The van der Waals surface area contributed by atoms with E-state index in [1.54, 1.807) is 4.88 Å². The van der Waals surface area contributed by atoms with Crippen LogP contribution in [-0.2, 0) is 19.4 Å². The molecule has 1 aromatic heterocycles. The van der Waals surface area contributed by atoms with Crippen LogP contribution in [0.15, 0.2) is 59.6 Å². The zero-order chi connectivity index (χ0) is 19.6. The number of hydrogen-bond donors (Lipinski definition) is 1. The van der Waals surface area contributed by atoms with Crippen molar-refractivity contribution in [2.45, 2.75) is 32.8 Å². The summed E-state index contributed by atoms with van der Waals surface area (Å²) in [6.45, 7) is 3.57. The Morgan fingerprint density at radius 3 is 2.79 bits per heavy atom. The van der Waals surface area contributed by atoms with Crippen LogP contribution in [0, 0.1) is 5.92 Å². The number of hydrazine groups is 1. The van der Waals surface area contributed by atoms with Crippen molar-refractivity contribution in [1.82, 2.24) is 0 Å². The van der Waals surface area contributed by atoms with Crippen molar-refractivity contribution in [3.63, 3.8) is 0 Å². The van der Waals surface area contributed by atoms with Gasteiger partial charge in [0.15, 0.2) is 0 Å². The maximum absolute atomic E-state index is 5.90. The van der Waals surface area contributed by atoms with Crippen molar-refractivity contribution in [2.24, 2.45) is 10.9 Å². The summed E-state index contributed by atoms with van der Waals surface area (Å²) in [7, 11) is 0. The molecule has 0 bridgehead atoms. The maximum Gasteiger partial charge on any atom is 0.130 e. The highest BCUT2D eigenvalue weighted by atomic mass is 32.1. The van der Waals surface area contributed by atoms with Crippen LogP contribution < -0.4 is 15.2 Å². The lowest BCUT2D eigenvalue weighted by molar-refractivity contribution is 0.306. The molecular formula is C24H25N3OS. The van der Waals surface area contributed by atoms with E-state index in [1.165, 1.54) is 41.0 Å². The molecule has 148 valence electrons. The van der Waals surface area contributed by atoms with Gasteiger partial charge in [-0.05, 0) is 60.6 Å². The lowest BCUT2D eigenvalue weighted by atomic mass is 9.88. The van der Waals surface area contributed by atoms with Gasteiger partial charge < -0.3 is 4.74 Å². The third-order valence-corrected chi connectivity index (χ3v) is 6.88. The van der Waals surface area contributed by atoms with E-state index >= 15 is 0 Å². The van der Waals surface area contributed by atoms with E-state index in [0.29, 0.717) is 13.3 Å². The van der Waals surface area contributed by atoms with Crippen LogP contribution in [0.1, 0.15) is 34.9 Å². The van der Waals surface area contributed by atoms with Crippen molar-refractivity contribution in [2.75, 3.05) is 17.1 Å². The van der Waals surface area contributed by atoms with Gasteiger partial charge in [-0.15, -0.1) is 11.3 Å². The second-order valence-corrected chi connectivity index (χ2v) is 8.95. The van der Waals surface area contributed by atoms with Crippen molar-refractivity contribution < 1.29 is 4.74 Å². The molecule has 2 aliphatic rings. The highest BCUT2D eigenvalue weighted by Crippen LogP contribution is 2.41. The number of ether oxygens (including phenoxy) is 1. The predicted octanol–water partition coefficient (Wildman–Crippen LogP) is 5.68. The number of anilines is 2. The van der Waals surface area contributed by atoms with Crippen molar-refractivity contribution >= 4 is 28.2 Å². The smallest absolute Gasteiger partial charge is 0.130 e. The minimum Gasteiger partial charge on any atom is -0.489 e. The van der Waals surface area contributed by atoms with Crippen molar-refractivity contribution in [1.29, 1.82) is 0 Å². The molecule has 0 fully saturated rings. The van der Waals surface area contributed by atoms with E-state index < -0.39 is 0 Å². The molecule has 1 aliphatic carbocycles. The predicted molar refractivity (Wildman–Crippen MR) is 121 cm³/mol. The Bertz CT molecular complexity index is 1010. The van der Waals surface area contributed by atoms with Crippen LogP contribution in [-0.4, -0.2) is 12.9 Å². The number of aliphatic imine (C=N–C) groups is 1. The first kappa shape index (κ1) is 18.3. The lowest BCUT2D eigenvalue weighted by Crippen LogP contribution is -2.32. The number of thiophene rings is 1. The van der Waals surface area contributed by atoms with Crippen LogP contribution in [0.5, 0.6) is 5.75 Å². The van der Waals surface area contributed by atoms with Crippen molar-refractivity contribution in [3.05, 3.63) is 76.2 Å². The number of hydrogen-bond acceptors (Lipinski definition) is 5. The fraction of sp³-hybridized carbons (Fsp3) is 0.292. The second-order valence-electron chi connectivity index (χ2n) is 7.86. The standard InChI is InChI=1S/C24H25N3OS/c1-17-7-12-21-22-14-25-16-27(24(22)29-23(21)13-17)26-19-8-10-20(11-9-19)28-15-18-5-3-2-4-6-18/h2-6,8-11,14,17,26H,7,12-13,15-16H2,1H3. The van der Waals surface area contributed by atoms with E-state index in [4.69, 9.17) is 4.74 Å². The molecule has 0 radical (unpaired) electrons. The molecule has 1 unspecified atom stereocenters. The quantitative estimate of drug-likeness (QED) is 0.596. The number of rotatable bonds is 5. The summed E-state index contributed by atoms with van der Waals surface area (Å²) in [5, 5.41) is 3.46. The molecule has 5 heteroatoms. The zero-order valence-electron chi connectivity index (χ0n) is 16.6. The Kier molecular flexibility index (Phi) is 4.98. The van der Waals surface area contributed by atoms with Gasteiger partial charge in [0.1, 0.15) is 24.0 Å². The van der Waals surface area contributed by atoms with E-state index in [-0.39, 0.29) is 0 Å². The van der Waals surface area contributed by atoms with E-state index in [9.17, 15) is 0 Å². The number of benzene rings is 2. The molecule has 2 heterocycles. The Morgan fingerprint density at radius 2 is 1.97 bits per heavy atom. The van der Waals surface area contributed by atoms with Gasteiger partial charge in [-0.2, -0.15) is 0 Å². The summed E-state index contributed by atoms with van der Waals surface area (Å²) in [5.41, 5.74) is 8.58. The van der Waals surface area contributed by atoms with Gasteiger partial charge in [0, 0.05) is 16.7 Å². The molecular weight excluding hydrogens is 378 g/mol. The number of nitrogens with one attached hydrogen (secondary N) is 1. The third-order valence-electron chi connectivity index (χ3n) is 5.59. The molecule has 4 nitrogen and oxygen atoms in total. The Hall–Kier alpha value is -2.79. The molecule has 5 rings (SSSR count). The normalized spacial score (nSPS) is 17.6. The summed E-state index contributed by atoms with van der Waals surface area (Å²) in [5.74, 6) is 1.65. The van der Waals surface area contributed by atoms with E-state index in [0.717, 1.165) is 17.4 Å². The van der Waals surface area contributed by atoms with Gasteiger partial charge in [0.2, 0.25) is 0 Å². The summed E-state index contributed by atoms with van der Waals surface area (Å²) in [6, 6.07) is 18.4. The molecule has 2 aromatic carbocycles. The molecule has 3 aromatic rings. The van der Waals surface area contributed by atoms with Crippen molar-refractivity contribution in [3.8, 4) is 5.75 Å². The first-order valence-corrected chi connectivity index (χ1v) is 11.0. The molecule has 1 aliphatic heterocycles. The fourth-order valence-electron chi connectivity index (χ4n) is 3.98. The SMILES string of the molecule is CC1CCc2c(sc3c2C=NCN3Nc2ccc(OCc3ccccc3)cc2)C1. The molecule has 1 N–H and O–H groups in total. The Morgan fingerprint density at radius 1 is 1.14 bits per heavy atom. The molecule has 0 saturated heterocycles. The number of nitrogens with zero attached hydrogens (tertiary/aromatic N) is 2. The average molecular weight is 404 g/mol. The van der Waals surface area contributed by atoms with Gasteiger partial charge in [0.25, 0.3) is 0 Å². The van der Waals surface area contributed by atoms with Crippen LogP contribution in [0.2, 0.25) is 0 Å². The first-order chi connectivity index (χ1) is 14.3. The van der Waals surface area contributed by atoms with Crippen LogP contribution in [0.4, 0.5) is 10.7 Å². The fourth-order valence-corrected chi connectivity index (χ4v) is 5.42. The summed E-state index contributed by atoms with van der Waals surface area (Å²) < 4.78 is 5.90. The van der Waals surface area contributed by atoms with Gasteiger partial charge in [-0.25, -0.2) is 0 Å². The average Bonchev–Trinajstić information content (AvgIpc) is 3.12. The molecule has 0 spiro atoms.